The van der Waals surface area contributed by atoms with Crippen molar-refractivity contribution in [2.45, 2.75) is 26.7 Å². The van der Waals surface area contributed by atoms with E-state index in [4.69, 9.17) is 5.73 Å². The van der Waals surface area contributed by atoms with Crippen molar-refractivity contribution in [3.63, 3.8) is 0 Å². The molecule has 0 spiro atoms. The average Bonchev–Trinajstić information content (AvgIpc) is 2.02. The van der Waals surface area contributed by atoms with Gasteiger partial charge in [0.1, 0.15) is 0 Å². The molecule has 0 aromatic carbocycles. The van der Waals surface area contributed by atoms with Crippen LogP contribution in [-0.4, -0.2) is 31.1 Å². The number of hydrogen-bond acceptors (Lipinski definition) is 2. The van der Waals surface area contributed by atoms with Gasteiger partial charge in [-0.05, 0) is 39.4 Å². The molecule has 0 amide bonds. The molecule has 0 atom stereocenters. The Labute approximate surface area is 76.4 Å². The maximum Gasteiger partial charge on any atom is 0.0187 e. The molecule has 0 heterocycles. The first-order valence-corrected chi connectivity index (χ1v) is 4.77. The zero-order valence-electron chi connectivity index (χ0n) is 8.47. The molecular weight excluding hydrogens is 148 g/mol. The standard InChI is InChI=1S/C10H22N2/c1-4-12(9-10(2)3)8-6-5-7-11/h2,4-9,11H2,1,3H3. The fraction of sp³-hybridized carbons (Fsp3) is 0.800. The Bertz CT molecular complexity index is 121. The van der Waals surface area contributed by atoms with Gasteiger partial charge in [0.2, 0.25) is 0 Å². The minimum Gasteiger partial charge on any atom is -0.330 e. The van der Waals surface area contributed by atoms with E-state index in [9.17, 15) is 0 Å². The number of hydrogen-bond donors (Lipinski definition) is 1. The van der Waals surface area contributed by atoms with Gasteiger partial charge in [-0.2, -0.15) is 0 Å². The largest absolute Gasteiger partial charge is 0.330 e. The molecule has 0 aliphatic heterocycles. The van der Waals surface area contributed by atoms with Crippen molar-refractivity contribution >= 4 is 0 Å². The molecule has 12 heavy (non-hydrogen) atoms. The smallest absolute Gasteiger partial charge is 0.0187 e. The summed E-state index contributed by atoms with van der Waals surface area (Å²) in [6.45, 7) is 12.3. The van der Waals surface area contributed by atoms with E-state index in [1.165, 1.54) is 12.0 Å². The van der Waals surface area contributed by atoms with Crippen LogP contribution >= 0.6 is 0 Å². The molecule has 2 nitrogen and oxygen atoms in total. The van der Waals surface area contributed by atoms with E-state index >= 15 is 0 Å². The second kappa shape index (κ2) is 7.32. The molecule has 0 aliphatic carbocycles. The van der Waals surface area contributed by atoms with Gasteiger partial charge in [-0.25, -0.2) is 0 Å². The first-order chi connectivity index (χ1) is 5.70. The van der Waals surface area contributed by atoms with Crippen LogP contribution in [0.1, 0.15) is 26.7 Å². The molecular formula is C10H22N2. The summed E-state index contributed by atoms with van der Waals surface area (Å²) >= 11 is 0. The summed E-state index contributed by atoms with van der Waals surface area (Å²) in [6.07, 6.45) is 2.34. The minimum atomic E-state index is 0.810. The predicted octanol–water partition coefficient (Wildman–Crippen LogP) is 1.62. The highest BCUT2D eigenvalue weighted by atomic mass is 15.1. The number of rotatable bonds is 7. The minimum absolute atomic E-state index is 0.810. The molecule has 0 aromatic rings. The summed E-state index contributed by atoms with van der Waals surface area (Å²) < 4.78 is 0. The van der Waals surface area contributed by atoms with E-state index in [-0.39, 0.29) is 0 Å². The second-order valence-corrected chi connectivity index (χ2v) is 3.32. The zero-order chi connectivity index (χ0) is 9.40. The maximum atomic E-state index is 5.42. The summed E-state index contributed by atoms with van der Waals surface area (Å²) in [6, 6.07) is 0. The molecule has 72 valence electrons. The first kappa shape index (κ1) is 11.7. The fourth-order valence-corrected chi connectivity index (χ4v) is 1.21. The van der Waals surface area contributed by atoms with E-state index in [1.807, 2.05) is 0 Å². The van der Waals surface area contributed by atoms with Crippen molar-refractivity contribution < 1.29 is 0 Å². The lowest BCUT2D eigenvalue weighted by atomic mass is 10.2. The maximum absolute atomic E-state index is 5.42. The monoisotopic (exact) mass is 170 g/mol. The molecule has 0 aromatic heterocycles. The zero-order valence-corrected chi connectivity index (χ0v) is 8.47. The van der Waals surface area contributed by atoms with Crippen LogP contribution in [0.15, 0.2) is 12.2 Å². The van der Waals surface area contributed by atoms with Gasteiger partial charge in [0, 0.05) is 6.54 Å². The normalized spacial score (nSPS) is 10.7. The fourth-order valence-electron chi connectivity index (χ4n) is 1.21. The van der Waals surface area contributed by atoms with Gasteiger partial charge in [0.15, 0.2) is 0 Å². The third-order valence-electron chi connectivity index (χ3n) is 1.87. The third-order valence-corrected chi connectivity index (χ3v) is 1.87. The summed E-state index contributed by atoms with van der Waals surface area (Å²) in [7, 11) is 0. The second-order valence-electron chi connectivity index (χ2n) is 3.32. The third kappa shape index (κ3) is 6.38. The van der Waals surface area contributed by atoms with Crippen molar-refractivity contribution in [2.24, 2.45) is 5.73 Å². The van der Waals surface area contributed by atoms with Crippen molar-refractivity contribution in [1.82, 2.24) is 4.90 Å². The van der Waals surface area contributed by atoms with E-state index < -0.39 is 0 Å². The summed E-state index contributed by atoms with van der Waals surface area (Å²) in [5.74, 6) is 0. The Balaban J connectivity index is 3.46. The van der Waals surface area contributed by atoms with Gasteiger partial charge in [-0.15, -0.1) is 0 Å². The summed E-state index contributed by atoms with van der Waals surface area (Å²) in [4.78, 5) is 2.40. The van der Waals surface area contributed by atoms with Crippen LogP contribution in [0.3, 0.4) is 0 Å². The highest BCUT2D eigenvalue weighted by Gasteiger charge is 2.00. The molecule has 0 unspecified atom stereocenters. The van der Waals surface area contributed by atoms with Gasteiger partial charge in [-0.3, -0.25) is 4.90 Å². The first-order valence-electron chi connectivity index (χ1n) is 4.77. The van der Waals surface area contributed by atoms with Crippen LogP contribution < -0.4 is 5.73 Å². The molecule has 0 saturated carbocycles. The van der Waals surface area contributed by atoms with Crippen LogP contribution in [0.25, 0.3) is 0 Å². The highest BCUT2D eigenvalue weighted by molar-refractivity contribution is 4.91. The number of likely N-dealkylation sites (N-methyl/N-ethyl adjacent to an activating group) is 1. The van der Waals surface area contributed by atoms with Gasteiger partial charge in [0.25, 0.3) is 0 Å². The van der Waals surface area contributed by atoms with Crippen LogP contribution in [0.5, 0.6) is 0 Å². The van der Waals surface area contributed by atoms with E-state index in [0.717, 1.165) is 32.6 Å². The van der Waals surface area contributed by atoms with Crippen molar-refractivity contribution in [2.75, 3.05) is 26.2 Å². The molecule has 2 N–H and O–H groups in total. The lowest BCUT2D eigenvalue weighted by Gasteiger charge is -2.19. The van der Waals surface area contributed by atoms with Crippen molar-refractivity contribution in [1.29, 1.82) is 0 Å². The molecule has 0 rings (SSSR count). The Hall–Kier alpha value is -0.340. The average molecular weight is 170 g/mol. The Morgan fingerprint density at radius 2 is 2.08 bits per heavy atom. The van der Waals surface area contributed by atoms with Crippen molar-refractivity contribution in [3.05, 3.63) is 12.2 Å². The Morgan fingerprint density at radius 1 is 1.42 bits per heavy atom. The van der Waals surface area contributed by atoms with Gasteiger partial charge in [-0.1, -0.05) is 19.1 Å². The summed E-state index contributed by atoms with van der Waals surface area (Å²) in [5, 5.41) is 0. The Morgan fingerprint density at radius 3 is 2.50 bits per heavy atom. The van der Waals surface area contributed by atoms with E-state index in [0.29, 0.717) is 0 Å². The Kier molecular flexibility index (Phi) is 7.11. The molecule has 0 saturated heterocycles. The topological polar surface area (TPSA) is 29.3 Å². The van der Waals surface area contributed by atoms with Crippen LogP contribution in [-0.2, 0) is 0 Å². The van der Waals surface area contributed by atoms with Gasteiger partial charge >= 0.3 is 0 Å². The quantitative estimate of drug-likeness (QED) is 0.465. The molecule has 0 fully saturated rings. The molecule has 0 radical (unpaired) electrons. The van der Waals surface area contributed by atoms with Crippen LogP contribution in [0.4, 0.5) is 0 Å². The summed E-state index contributed by atoms with van der Waals surface area (Å²) in [5.41, 5.74) is 6.66. The lowest BCUT2D eigenvalue weighted by Crippen LogP contribution is -2.26. The molecule has 0 aliphatic rings. The molecule has 0 bridgehead atoms. The van der Waals surface area contributed by atoms with Gasteiger partial charge < -0.3 is 5.73 Å². The molecule has 2 heteroatoms. The van der Waals surface area contributed by atoms with E-state index in [1.54, 1.807) is 0 Å². The highest BCUT2D eigenvalue weighted by Crippen LogP contribution is 1.98. The SMILES string of the molecule is C=C(C)CN(CC)CCCCN. The number of unbranched alkanes of at least 4 members (excludes halogenated alkanes) is 1. The van der Waals surface area contributed by atoms with Crippen LogP contribution in [0.2, 0.25) is 0 Å². The van der Waals surface area contributed by atoms with Gasteiger partial charge in [0.05, 0.1) is 0 Å². The number of nitrogens with two attached hydrogens (primary N) is 1. The number of nitrogens with zero attached hydrogens (tertiary/aromatic N) is 1. The van der Waals surface area contributed by atoms with Crippen LogP contribution in [0, 0.1) is 0 Å². The van der Waals surface area contributed by atoms with Crippen molar-refractivity contribution in [3.8, 4) is 0 Å². The predicted molar refractivity (Wildman–Crippen MR) is 55.2 cm³/mol. The van der Waals surface area contributed by atoms with E-state index in [2.05, 4.69) is 25.3 Å². The lowest BCUT2D eigenvalue weighted by molar-refractivity contribution is 0.306.